The van der Waals surface area contributed by atoms with Crippen LogP contribution in [0.3, 0.4) is 0 Å². The first-order valence-corrected chi connectivity index (χ1v) is 6.23. The molecular weight excluding hydrogens is 252 g/mol. The van der Waals surface area contributed by atoms with Gasteiger partial charge in [-0.25, -0.2) is 9.67 Å². The Morgan fingerprint density at radius 3 is 2.65 bits per heavy atom. The van der Waals surface area contributed by atoms with E-state index in [2.05, 4.69) is 10.1 Å². The van der Waals surface area contributed by atoms with Gasteiger partial charge in [-0.1, -0.05) is 18.2 Å². The SMILES string of the molecule is Nc1cccc(OCc2ccc(-n3cncn3)cc2)c1. The third-order valence-electron chi connectivity index (χ3n) is 2.88. The number of hydrogen-bond donors (Lipinski definition) is 1. The van der Waals surface area contributed by atoms with Gasteiger partial charge in [0.2, 0.25) is 0 Å². The van der Waals surface area contributed by atoms with Crippen molar-refractivity contribution < 1.29 is 4.74 Å². The molecule has 0 radical (unpaired) electrons. The molecule has 3 aromatic rings. The van der Waals surface area contributed by atoms with Gasteiger partial charge >= 0.3 is 0 Å². The van der Waals surface area contributed by atoms with E-state index in [0.29, 0.717) is 12.3 Å². The van der Waals surface area contributed by atoms with E-state index in [1.807, 2.05) is 48.5 Å². The maximum absolute atomic E-state index is 5.71. The van der Waals surface area contributed by atoms with E-state index in [0.717, 1.165) is 17.0 Å². The number of nitrogens with zero attached hydrogens (tertiary/aromatic N) is 3. The molecule has 0 fully saturated rings. The molecule has 3 rings (SSSR count). The van der Waals surface area contributed by atoms with Crippen molar-refractivity contribution >= 4 is 5.69 Å². The summed E-state index contributed by atoms with van der Waals surface area (Å²) < 4.78 is 7.40. The summed E-state index contributed by atoms with van der Waals surface area (Å²) in [5.41, 5.74) is 8.45. The summed E-state index contributed by atoms with van der Waals surface area (Å²) in [4.78, 5) is 3.92. The van der Waals surface area contributed by atoms with Crippen LogP contribution in [-0.2, 0) is 6.61 Å². The predicted octanol–water partition coefficient (Wildman–Crippen LogP) is 2.43. The van der Waals surface area contributed by atoms with Crippen molar-refractivity contribution in [3.63, 3.8) is 0 Å². The molecule has 20 heavy (non-hydrogen) atoms. The van der Waals surface area contributed by atoms with Gasteiger partial charge in [0, 0.05) is 11.8 Å². The fourth-order valence-electron chi connectivity index (χ4n) is 1.86. The van der Waals surface area contributed by atoms with Crippen LogP contribution in [0.25, 0.3) is 5.69 Å². The molecule has 0 amide bonds. The summed E-state index contributed by atoms with van der Waals surface area (Å²) in [6, 6.07) is 15.4. The molecule has 0 aliphatic carbocycles. The van der Waals surface area contributed by atoms with Gasteiger partial charge in [-0.2, -0.15) is 5.10 Å². The Hall–Kier alpha value is -2.82. The Labute approximate surface area is 116 Å². The molecule has 0 bridgehead atoms. The molecule has 5 nitrogen and oxygen atoms in total. The van der Waals surface area contributed by atoms with Crippen molar-refractivity contribution in [2.75, 3.05) is 5.73 Å². The van der Waals surface area contributed by atoms with E-state index in [1.54, 1.807) is 11.0 Å². The first kappa shape index (κ1) is 12.2. The number of rotatable bonds is 4. The van der Waals surface area contributed by atoms with Crippen LogP contribution in [-0.4, -0.2) is 14.8 Å². The number of anilines is 1. The minimum Gasteiger partial charge on any atom is -0.489 e. The van der Waals surface area contributed by atoms with E-state index < -0.39 is 0 Å². The Morgan fingerprint density at radius 2 is 1.95 bits per heavy atom. The monoisotopic (exact) mass is 266 g/mol. The van der Waals surface area contributed by atoms with Crippen LogP contribution in [0.1, 0.15) is 5.56 Å². The quantitative estimate of drug-likeness (QED) is 0.736. The van der Waals surface area contributed by atoms with Gasteiger partial charge < -0.3 is 10.5 Å². The molecule has 0 aliphatic heterocycles. The van der Waals surface area contributed by atoms with Gasteiger partial charge in [0.15, 0.2) is 0 Å². The van der Waals surface area contributed by atoms with Crippen LogP contribution in [0, 0.1) is 0 Å². The lowest BCUT2D eigenvalue weighted by Gasteiger charge is -2.07. The van der Waals surface area contributed by atoms with E-state index >= 15 is 0 Å². The van der Waals surface area contributed by atoms with Crippen LogP contribution in [0.4, 0.5) is 5.69 Å². The summed E-state index contributed by atoms with van der Waals surface area (Å²) in [5.74, 6) is 0.769. The minimum atomic E-state index is 0.501. The third kappa shape index (κ3) is 2.77. The minimum absolute atomic E-state index is 0.501. The first-order chi connectivity index (χ1) is 9.81. The Bertz CT molecular complexity index is 677. The zero-order valence-electron chi connectivity index (χ0n) is 10.8. The fourth-order valence-corrected chi connectivity index (χ4v) is 1.86. The Morgan fingerprint density at radius 1 is 1.10 bits per heavy atom. The van der Waals surface area contributed by atoms with Crippen LogP contribution in [0.2, 0.25) is 0 Å². The predicted molar refractivity (Wildman–Crippen MR) is 76.5 cm³/mol. The van der Waals surface area contributed by atoms with Crippen LogP contribution in [0.5, 0.6) is 5.75 Å². The second-order valence-electron chi connectivity index (χ2n) is 4.37. The molecule has 2 N–H and O–H groups in total. The van der Waals surface area contributed by atoms with Crippen molar-refractivity contribution in [1.82, 2.24) is 14.8 Å². The molecule has 0 saturated carbocycles. The number of hydrogen-bond acceptors (Lipinski definition) is 4. The van der Waals surface area contributed by atoms with Gasteiger partial charge in [0.25, 0.3) is 0 Å². The maximum atomic E-state index is 5.71. The first-order valence-electron chi connectivity index (χ1n) is 6.23. The summed E-state index contributed by atoms with van der Waals surface area (Å²) in [6.45, 7) is 0.501. The smallest absolute Gasteiger partial charge is 0.138 e. The van der Waals surface area contributed by atoms with Gasteiger partial charge in [-0.05, 0) is 29.8 Å². The second-order valence-corrected chi connectivity index (χ2v) is 4.37. The molecule has 100 valence electrons. The van der Waals surface area contributed by atoms with Crippen molar-refractivity contribution in [1.29, 1.82) is 0 Å². The van der Waals surface area contributed by atoms with Crippen molar-refractivity contribution in [2.24, 2.45) is 0 Å². The van der Waals surface area contributed by atoms with Crippen molar-refractivity contribution in [3.8, 4) is 11.4 Å². The topological polar surface area (TPSA) is 66.0 Å². The maximum Gasteiger partial charge on any atom is 0.138 e. The van der Waals surface area contributed by atoms with E-state index in [1.165, 1.54) is 6.33 Å². The number of ether oxygens (including phenoxy) is 1. The van der Waals surface area contributed by atoms with E-state index in [9.17, 15) is 0 Å². The highest BCUT2D eigenvalue weighted by atomic mass is 16.5. The van der Waals surface area contributed by atoms with E-state index in [-0.39, 0.29) is 0 Å². The normalized spacial score (nSPS) is 10.4. The van der Waals surface area contributed by atoms with Crippen LogP contribution >= 0.6 is 0 Å². The molecule has 0 saturated heterocycles. The number of nitrogens with two attached hydrogens (primary N) is 1. The molecule has 2 aromatic carbocycles. The fraction of sp³-hybridized carbons (Fsp3) is 0.0667. The van der Waals surface area contributed by atoms with Gasteiger partial charge in [0.1, 0.15) is 25.0 Å². The average Bonchev–Trinajstić information content (AvgIpc) is 3.00. The molecular formula is C15H14N4O. The standard InChI is InChI=1S/C15H14N4O/c16-13-2-1-3-15(8-13)20-9-12-4-6-14(7-5-12)19-11-17-10-18-19/h1-8,10-11H,9,16H2. The Balaban J connectivity index is 1.67. The van der Waals surface area contributed by atoms with Crippen molar-refractivity contribution in [2.45, 2.75) is 6.61 Å². The molecule has 0 unspecified atom stereocenters. The second kappa shape index (κ2) is 5.44. The summed E-state index contributed by atoms with van der Waals surface area (Å²) in [7, 11) is 0. The molecule has 1 heterocycles. The lowest BCUT2D eigenvalue weighted by Crippen LogP contribution is -1.98. The summed E-state index contributed by atoms with van der Waals surface area (Å²) in [6.07, 6.45) is 3.18. The molecule has 0 atom stereocenters. The van der Waals surface area contributed by atoms with Gasteiger partial charge in [0.05, 0.1) is 5.69 Å². The van der Waals surface area contributed by atoms with Gasteiger partial charge in [-0.3, -0.25) is 0 Å². The molecule has 5 heteroatoms. The number of aromatic nitrogens is 3. The highest BCUT2D eigenvalue weighted by Crippen LogP contribution is 2.16. The van der Waals surface area contributed by atoms with Crippen LogP contribution < -0.4 is 10.5 Å². The Kier molecular flexibility index (Phi) is 3.33. The zero-order chi connectivity index (χ0) is 13.8. The van der Waals surface area contributed by atoms with Crippen molar-refractivity contribution in [3.05, 3.63) is 66.7 Å². The molecule has 0 aliphatic rings. The third-order valence-corrected chi connectivity index (χ3v) is 2.88. The summed E-state index contributed by atoms with van der Waals surface area (Å²) in [5, 5.41) is 4.08. The lowest BCUT2D eigenvalue weighted by molar-refractivity contribution is 0.306. The lowest BCUT2D eigenvalue weighted by atomic mass is 10.2. The number of nitrogen functional groups attached to an aromatic ring is 1. The number of benzene rings is 2. The molecule has 1 aromatic heterocycles. The molecule has 0 spiro atoms. The highest BCUT2D eigenvalue weighted by Gasteiger charge is 1.99. The van der Waals surface area contributed by atoms with Gasteiger partial charge in [-0.15, -0.1) is 0 Å². The summed E-state index contributed by atoms with van der Waals surface area (Å²) >= 11 is 0. The largest absolute Gasteiger partial charge is 0.489 e. The zero-order valence-corrected chi connectivity index (χ0v) is 10.8. The average molecular weight is 266 g/mol. The van der Waals surface area contributed by atoms with Crippen LogP contribution in [0.15, 0.2) is 61.2 Å². The van der Waals surface area contributed by atoms with E-state index in [4.69, 9.17) is 10.5 Å². The highest BCUT2D eigenvalue weighted by molar-refractivity contribution is 5.43.